The number of nitrogens with zero attached hydrogens (tertiary/aromatic N) is 1. The van der Waals surface area contributed by atoms with E-state index >= 15 is 0 Å². The van der Waals surface area contributed by atoms with Gasteiger partial charge in [-0.05, 0) is 69.2 Å². The number of benzene rings is 3. The summed E-state index contributed by atoms with van der Waals surface area (Å²) in [6.45, 7) is 9.48. The fourth-order valence-corrected chi connectivity index (χ4v) is 4.77. The van der Waals surface area contributed by atoms with Gasteiger partial charge in [-0.25, -0.2) is 4.79 Å². The number of hydrogen-bond donors (Lipinski definition) is 0. The van der Waals surface area contributed by atoms with E-state index in [2.05, 4.69) is 37.3 Å². The van der Waals surface area contributed by atoms with E-state index in [1.807, 2.05) is 68.1 Å². The Hall–Kier alpha value is -3.47. The summed E-state index contributed by atoms with van der Waals surface area (Å²) in [5.74, 6) is 1.57. The van der Waals surface area contributed by atoms with Crippen molar-refractivity contribution in [1.82, 2.24) is 4.90 Å². The lowest BCUT2D eigenvalue weighted by Crippen LogP contribution is -2.46. The topological polar surface area (TPSA) is 48.0 Å². The molecule has 0 unspecified atom stereocenters. The van der Waals surface area contributed by atoms with Gasteiger partial charge in [-0.3, -0.25) is 0 Å². The highest BCUT2D eigenvalue weighted by Crippen LogP contribution is 2.39. The summed E-state index contributed by atoms with van der Waals surface area (Å²) in [4.78, 5) is 14.9. The number of rotatable bonds is 9. The predicted molar refractivity (Wildman–Crippen MR) is 147 cm³/mol. The van der Waals surface area contributed by atoms with Gasteiger partial charge in [0.05, 0.1) is 0 Å². The van der Waals surface area contributed by atoms with Gasteiger partial charge in [0.2, 0.25) is 0 Å². The van der Waals surface area contributed by atoms with Crippen LogP contribution in [-0.2, 0) is 30.8 Å². The summed E-state index contributed by atoms with van der Waals surface area (Å²) < 4.78 is 18.5. The number of fused-ring (bicyclic) bond motifs is 1. The summed E-state index contributed by atoms with van der Waals surface area (Å²) in [5.41, 5.74) is 4.09. The molecule has 3 aromatic carbocycles. The summed E-state index contributed by atoms with van der Waals surface area (Å²) >= 11 is 0. The molecule has 0 N–H and O–H groups in total. The number of hydrogen-bond acceptors (Lipinski definition) is 4. The Labute approximate surface area is 221 Å². The summed E-state index contributed by atoms with van der Waals surface area (Å²) in [6, 6.07) is 24.6. The average Bonchev–Trinajstić information content (AvgIpc) is 2.89. The monoisotopic (exact) mass is 501 g/mol. The predicted octanol–water partition coefficient (Wildman–Crippen LogP) is 7.35. The molecular weight excluding hydrogens is 462 g/mol. The van der Waals surface area contributed by atoms with E-state index in [1.165, 1.54) is 11.1 Å². The molecule has 0 fully saturated rings. The summed E-state index contributed by atoms with van der Waals surface area (Å²) in [7, 11) is 0. The fourth-order valence-electron chi connectivity index (χ4n) is 4.77. The molecule has 3 aromatic rings. The lowest BCUT2D eigenvalue weighted by Gasteiger charge is -2.36. The highest BCUT2D eigenvalue weighted by Gasteiger charge is 2.32. The van der Waals surface area contributed by atoms with Crippen LogP contribution in [0.5, 0.6) is 11.5 Å². The normalized spacial score (nSPS) is 15.0. The Kier molecular flexibility index (Phi) is 8.75. The van der Waals surface area contributed by atoms with Crippen molar-refractivity contribution in [3.05, 3.63) is 95.1 Å². The molecule has 37 heavy (non-hydrogen) atoms. The maximum Gasteiger partial charge on any atom is 0.410 e. The van der Waals surface area contributed by atoms with Crippen LogP contribution in [0.25, 0.3) is 0 Å². The molecule has 0 saturated heterocycles. The molecule has 0 radical (unpaired) electrons. The minimum Gasteiger partial charge on any atom is -0.485 e. The Morgan fingerprint density at radius 2 is 1.51 bits per heavy atom. The summed E-state index contributed by atoms with van der Waals surface area (Å²) in [5, 5.41) is 0. The van der Waals surface area contributed by atoms with Crippen molar-refractivity contribution in [3.63, 3.8) is 0 Å². The van der Waals surface area contributed by atoms with Gasteiger partial charge in [0.1, 0.15) is 18.8 Å². The van der Waals surface area contributed by atoms with Gasteiger partial charge >= 0.3 is 6.09 Å². The molecule has 4 rings (SSSR count). The molecule has 1 aliphatic rings. The quantitative estimate of drug-likeness (QED) is 0.308. The van der Waals surface area contributed by atoms with Crippen molar-refractivity contribution in [2.75, 3.05) is 6.54 Å². The molecular formula is C32H39NO4. The van der Waals surface area contributed by atoms with Gasteiger partial charge in [-0.2, -0.15) is 0 Å². The molecule has 0 bridgehead atoms. The maximum atomic E-state index is 13.0. The number of carbonyl (C=O) groups is 1. The molecule has 0 heterocycles. The Bertz CT molecular complexity index is 1150. The van der Waals surface area contributed by atoms with Crippen LogP contribution in [0.2, 0.25) is 0 Å². The van der Waals surface area contributed by atoms with Crippen molar-refractivity contribution in [3.8, 4) is 11.5 Å². The fraction of sp³-hybridized carbons (Fsp3) is 0.406. The van der Waals surface area contributed by atoms with Crippen molar-refractivity contribution < 1.29 is 19.0 Å². The minimum absolute atomic E-state index is 0.0976. The zero-order valence-electron chi connectivity index (χ0n) is 22.5. The van der Waals surface area contributed by atoms with Crippen molar-refractivity contribution >= 4 is 6.09 Å². The Balaban J connectivity index is 1.57. The molecule has 1 atom stereocenters. The third-order valence-corrected chi connectivity index (χ3v) is 6.50. The zero-order valence-corrected chi connectivity index (χ0v) is 22.5. The molecule has 5 nitrogen and oxygen atoms in total. The molecule has 1 aliphatic carbocycles. The molecule has 0 spiro atoms. The van der Waals surface area contributed by atoms with E-state index in [4.69, 9.17) is 14.2 Å². The molecule has 0 aliphatic heterocycles. The van der Waals surface area contributed by atoms with E-state index in [0.717, 1.165) is 48.3 Å². The number of carbonyl (C=O) groups excluding carboxylic acids is 1. The van der Waals surface area contributed by atoms with Gasteiger partial charge in [0.15, 0.2) is 11.5 Å². The highest BCUT2D eigenvalue weighted by molar-refractivity contribution is 5.69. The third-order valence-electron chi connectivity index (χ3n) is 6.50. The molecule has 1 amide bonds. The second-order valence-corrected chi connectivity index (χ2v) is 10.6. The first kappa shape index (κ1) is 26.6. The van der Waals surface area contributed by atoms with Gasteiger partial charge in [0.25, 0.3) is 0 Å². The first-order valence-corrected chi connectivity index (χ1v) is 13.3. The van der Waals surface area contributed by atoms with Crippen molar-refractivity contribution in [1.29, 1.82) is 0 Å². The first-order valence-electron chi connectivity index (χ1n) is 13.3. The molecule has 5 heteroatoms. The summed E-state index contributed by atoms with van der Waals surface area (Å²) in [6.07, 6.45) is 3.10. The Morgan fingerprint density at radius 3 is 2.11 bits per heavy atom. The van der Waals surface area contributed by atoms with Gasteiger partial charge in [0, 0.05) is 18.2 Å². The second kappa shape index (κ2) is 12.2. The van der Waals surface area contributed by atoms with Gasteiger partial charge in [-0.15, -0.1) is 0 Å². The van der Waals surface area contributed by atoms with E-state index < -0.39 is 5.60 Å². The largest absolute Gasteiger partial charge is 0.485 e. The highest BCUT2D eigenvalue weighted by atomic mass is 16.6. The smallest absolute Gasteiger partial charge is 0.410 e. The lowest BCUT2D eigenvalue weighted by molar-refractivity contribution is 0.0146. The third kappa shape index (κ3) is 7.28. The van der Waals surface area contributed by atoms with Crippen LogP contribution in [0.1, 0.15) is 62.8 Å². The van der Waals surface area contributed by atoms with E-state index in [1.54, 1.807) is 0 Å². The van der Waals surface area contributed by atoms with Crippen LogP contribution in [0.15, 0.2) is 72.8 Å². The Morgan fingerprint density at radius 1 is 0.892 bits per heavy atom. The SMILES string of the molecule is CCCN(C(=O)OC(C)(C)C)[C@H]1CCc2c(ccc(OCc3ccccc3)c2OCc2ccccc2)C1. The number of ether oxygens (including phenoxy) is 3. The van der Waals surface area contributed by atoms with Crippen molar-refractivity contribution in [2.45, 2.75) is 78.2 Å². The minimum atomic E-state index is -0.515. The van der Waals surface area contributed by atoms with Gasteiger partial charge in [-0.1, -0.05) is 73.7 Å². The van der Waals surface area contributed by atoms with Crippen LogP contribution in [0, 0.1) is 0 Å². The molecule has 0 aromatic heterocycles. The maximum absolute atomic E-state index is 13.0. The second-order valence-electron chi connectivity index (χ2n) is 10.6. The van der Waals surface area contributed by atoms with Crippen LogP contribution in [0.4, 0.5) is 4.79 Å². The van der Waals surface area contributed by atoms with Gasteiger partial charge < -0.3 is 19.1 Å². The van der Waals surface area contributed by atoms with Crippen LogP contribution >= 0.6 is 0 Å². The lowest BCUT2D eigenvalue weighted by atomic mass is 9.86. The van der Waals surface area contributed by atoms with Crippen LogP contribution < -0.4 is 9.47 Å². The van der Waals surface area contributed by atoms with E-state index in [9.17, 15) is 4.79 Å². The zero-order chi connectivity index (χ0) is 26.3. The van der Waals surface area contributed by atoms with Crippen LogP contribution in [-0.4, -0.2) is 29.2 Å². The van der Waals surface area contributed by atoms with E-state index in [-0.39, 0.29) is 12.1 Å². The standard InChI is InChI=1S/C32H39NO4/c1-5-20-33(31(34)37-32(2,3)4)27-17-18-28-26(21-27)16-19-29(35-22-24-12-8-6-9-13-24)30(28)36-23-25-14-10-7-11-15-25/h6-16,19,27H,5,17-18,20-23H2,1-4H3/t27-/m0/s1. The number of amides is 1. The molecule has 196 valence electrons. The molecule has 0 saturated carbocycles. The van der Waals surface area contributed by atoms with E-state index in [0.29, 0.717) is 19.8 Å². The average molecular weight is 502 g/mol. The van der Waals surface area contributed by atoms with Crippen LogP contribution in [0.3, 0.4) is 0 Å². The first-order chi connectivity index (χ1) is 17.8. The van der Waals surface area contributed by atoms with Crippen molar-refractivity contribution in [2.24, 2.45) is 0 Å².